The van der Waals surface area contributed by atoms with Crippen molar-refractivity contribution in [1.82, 2.24) is 5.32 Å². The smallest absolute Gasteiger partial charge is 0.122 e. The standard InChI is InChI=1S/C17H27NO/c1-12-10-17(19-4)14(3)13(2)16(12)8-7-15-6-5-9-18-11-15/h10,15,18H,5-9,11H2,1-4H3. The van der Waals surface area contributed by atoms with Crippen LogP contribution in [-0.4, -0.2) is 20.2 Å². The van der Waals surface area contributed by atoms with Crippen molar-refractivity contribution < 1.29 is 4.74 Å². The van der Waals surface area contributed by atoms with E-state index in [4.69, 9.17) is 4.74 Å². The molecular weight excluding hydrogens is 234 g/mol. The summed E-state index contributed by atoms with van der Waals surface area (Å²) >= 11 is 0. The van der Waals surface area contributed by atoms with Crippen molar-refractivity contribution in [1.29, 1.82) is 0 Å². The van der Waals surface area contributed by atoms with Gasteiger partial charge in [0, 0.05) is 0 Å². The number of benzene rings is 1. The van der Waals surface area contributed by atoms with Crippen molar-refractivity contribution in [2.45, 2.75) is 46.5 Å². The van der Waals surface area contributed by atoms with Crippen LogP contribution >= 0.6 is 0 Å². The molecule has 1 aromatic rings. The summed E-state index contributed by atoms with van der Waals surface area (Å²) in [6.07, 6.45) is 5.24. The van der Waals surface area contributed by atoms with Gasteiger partial charge >= 0.3 is 0 Å². The molecule has 106 valence electrons. The molecule has 1 heterocycles. The molecule has 1 atom stereocenters. The average Bonchev–Trinajstić information content (AvgIpc) is 2.44. The molecule has 1 saturated heterocycles. The van der Waals surface area contributed by atoms with Gasteiger partial charge in [-0.25, -0.2) is 0 Å². The first kappa shape index (κ1) is 14.4. The maximum atomic E-state index is 5.45. The Bertz CT molecular complexity index is 433. The van der Waals surface area contributed by atoms with E-state index >= 15 is 0 Å². The van der Waals surface area contributed by atoms with Gasteiger partial charge in [0.15, 0.2) is 0 Å². The maximum Gasteiger partial charge on any atom is 0.122 e. The van der Waals surface area contributed by atoms with Gasteiger partial charge in [-0.1, -0.05) is 0 Å². The van der Waals surface area contributed by atoms with Crippen molar-refractivity contribution in [3.8, 4) is 5.75 Å². The Balaban J connectivity index is 2.09. The third-order valence-corrected chi connectivity index (χ3v) is 4.63. The summed E-state index contributed by atoms with van der Waals surface area (Å²) in [6.45, 7) is 9.02. The zero-order chi connectivity index (χ0) is 13.8. The molecule has 0 spiro atoms. The molecule has 0 aromatic heterocycles. The second kappa shape index (κ2) is 6.42. The molecule has 1 unspecified atom stereocenters. The second-order valence-corrected chi connectivity index (χ2v) is 5.88. The Morgan fingerprint density at radius 1 is 1.26 bits per heavy atom. The fourth-order valence-corrected chi connectivity index (χ4v) is 3.21. The Kier molecular flexibility index (Phi) is 4.87. The van der Waals surface area contributed by atoms with Crippen molar-refractivity contribution >= 4 is 0 Å². The molecule has 2 nitrogen and oxygen atoms in total. The number of ether oxygens (including phenoxy) is 1. The number of hydrogen-bond acceptors (Lipinski definition) is 2. The Morgan fingerprint density at radius 2 is 2.05 bits per heavy atom. The van der Waals surface area contributed by atoms with Gasteiger partial charge < -0.3 is 10.1 Å². The maximum absolute atomic E-state index is 5.45. The number of nitrogens with one attached hydrogen (secondary N) is 1. The SMILES string of the molecule is COc1cc(C)c(CCC2CCCNC2)c(C)c1C. The first-order valence-corrected chi connectivity index (χ1v) is 7.48. The van der Waals surface area contributed by atoms with E-state index < -0.39 is 0 Å². The number of aryl methyl sites for hydroxylation is 1. The van der Waals surface area contributed by atoms with Crippen molar-refractivity contribution in [2.75, 3.05) is 20.2 Å². The van der Waals surface area contributed by atoms with Crippen LogP contribution in [0, 0.1) is 26.7 Å². The van der Waals surface area contributed by atoms with E-state index in [2.05, 4.69) is 32.2 Å². The van der Waals surface area contributed by atoms with Gasteiger partial charge in [-0.15, -0.1) is 0 Å². The highest BCUT2D eigenvalue weighted by atomic mass is 16.5. The van der Waals surface area contributed by atoms with Crippen LogP contribution < -0.4 is 10.1 Å². The van der Waals surface area contributed by atoms with Crippen molar-refractivity contribution in [2.24, 2.45) is 5.92 Å². The van der Waals surface area contributed by atoms with Crippen LogP contribution in [0.2, 0.25) is 0 Å². The molecule has 1 aliphatic rings. The van der Waals surface area contributed by atoms with Gasteiger partial charge in [0.2, 0.25) is 0 Å². The third-order valence-electron chi connectivity index (χ3n) is 4.63. The minimum atomic E-state index is 0.856. The predicted molar refractivity (Wildman–Crippen MR) is 81.1 cm³/mol. The van der Waals surface area contributed by atoms with E-state index in [1.54, 1.807) is 7.11 Å². The fourth-order valence-electron chi connectivity index (χ4n) is 3.21. The van der Waals surface area contributed by atoms with E-state index in [9.17, 15) is 0 Å². The van der Waals surface area contributed by atoms with Gasteiger partial charge in [-0.2, -0.15) is 0 Å². The quantitative estimate of drug-likeness (QED) is 0.895. The summed E-state index contributed by atoms with van der Waals surface area (Å²) in [6, 6.07) is 2.19. The number of rotatable bonds is 4. The van der Waals surface area contributed by atoms with Crippen LogP contribution in [0.4, 0.5) is 0 Å². The van der Waals surface area contributed by atoms with E-state index in [0.29, 0.717) is 0 Å². The number of methoxy groups -OCH3 is 1. The zero-order valence-corrected chi connectivity index (χ0v) is 12.8. The zero-order valence-electron chi connectivity index (χ0n) is 12.8. The Hall–Kier alpha value is -1.02. The summed E-state index contributed by atoms with van der Waals surface area (Å²) in [4.78, 5) is 0. The molecule has 1 N–H and O–H groups in total. The van der Waals surface area contributed by atoms with Gasteiger partial charge in [0.1, 0.15) is 5.75 Å². The highest BCUT2D eigenvalue weighted by Crippen LogP contribution is 2.29. The van der Waals surface area contributed by atoms with Crippen LogP contribution in [0.25, 0.3) is 0 Å². The number of piperidine rings is 1. The van der Waals surface area contributed by atoms with Crippen molar-refractivity contribution in [3.05, 3.63) is 28.3 Å². The van der Waals surface area contributed by atoms with Gasteiger partial charge in [-0.05, 0) is 93.8 Å². The first-order chi connectivity index (χ1) is 9.13. The van der Waals surface area contributed by atoms with E-state index in [0.717, 1.165) is 11.7 Å². The molecule has 2 heteroatoms. The minimum absolute atomic E-state index is 0.856. The van der Waals surface area contributed by atoms with Crippen LogP contribution in [-0.2, 0) is 6.42 Å². The summed E-state index contributed by atoms with van der Waals surface area (Å²) in [5, 5.41) is 3.51. The molecular formula is C17H27NO. The normalized spacial score (nSPS) is 19.5. The molecule has 0 radical (unpaired) electrons. The fraction of sp³-hybridized carbons (Fsp3) is 0.647. The molecule has 0 saturated carbocycles. The summed E-state index contributed by atoms with van der Waals surface area (Å²) in [5.41, 5.74) is 5.62. The first-order valence-electron chi connectivity index (χ1n) is 7.48. The number of hydrogen-bond donors (Lipinski definition) is 1. The largest absolute Gasteiger partial charge is 0.496 e. The molecule has 0 aliphatic carbocycles. The molecule has 1 fully saturated rings. The van der Waals surface area contributed by atoms with E-state index in [1.165, 1.54) is 61.0 Å². The second-order valence-electron chi connectivity index (χ2n) is 5.88. The predicted octanol–water partition coefficient (Wildman–Crippen LogP) is 3.55. The highest BCUT2D eigenvalue weighted by Gasteiger charge is 2.15. The van der Waals surface area contributed by atoms with Crippen LogP contribution in [0.1, 0.15) is 41.5 Å². The van der Waals surface area contributed by atoms with Crippen LogP contribution in [0.15, 0.2) is 6.07 Å². The van der Waals surface area contributed by atoms with E-state index in [-0.39, 0.29) is 0 Å². The molecule has 1 aliphatic heterocycles. The monoisotopic (exact) mass is 261 g/mol. The lowest BCUT2D eigenvalue weighted by atomic mass is 9.88. The Labute approximate surface area is 117 Å². The molecule has 2 rings (SSSR count). The van der Waals surface area contributed by atoms with Gasteiger partial charge in [0.25, 0.3) is 0 Å². The lowest BCUT2D eigenvalue weighted by Gasteiger charge is -2.24. The molecule has 0 bridgehead atoms. The molecule has 0 amide bonds. The molecule has 19 heavy (non-hydrogen) atoms. The lowest BCUT2D eigenvalue weighted by Crippen LogP contribution is -2.30. The highest BCUT2D eigenvalue weighted by molar-refractivity contribution is 5.48. The van der Waals surface area contributed by atoms with E-state index in [1.807, 2.05) is 0 Å². The van der Waals surface area contributed by atoms with Crippen molar-refractivity contribution in [3.63, 3.8) is 0 Å². The van der Waals surface area contributed by atoms with Gasteiger partial charge in [-0.3, -0.25) is 0 Å². The van der Waals surface area contributed by atoms with Crippen LogP contribution in [0.3, 0.4) is 0 Å². The van der Waals surface area contributed by atoms with Crippen LogP contribution in [0.5, 0.6) is 5.75 Å². The lowest BCUT2D eigenvalue weighted by molar-refractivity contribution is 0.357. The summed E-state index contributed by atoms with van der Waals surface area (Å²) in [7, 11) is 1.76. The Morgan fingerprint density at radius 3 is 2.68 bits per heavy atom. The summed E-state index contributed by atoms with van der Waals surface area (Å²) in [5.74, 6) is 1.88. The minimum Gasteiger partial charge on any atom is -0.496 e. The third kappa shape index (κ3) is 3.30. The molecule has 1 aromatic carbocycles. The van der Waals surface area contributed by atoms with Gasteiger partial charge in [0.05, 0.1) is 7.11 Å². The topological polar surface area (TPSA) is 21.3 Å². The summed E-state index contributed by atoms with van der Waals surface area (Å²) < 4.78 is 5.45. The average molecular weight is 261 g/mol.